The van der Waals surface area contributed by atoms with Crippen molar-refractivity contribution >= 4 is 17.8 Å². The second-order valence-corrected chi connectivity index (χ2v) is 4.03. The Labute approximate surface area is 120 Å². The Hall–Kier alpha value is -2.97. The minimum Gasteiger partial charge on any atom is -0.479 e. The van der Waals surface area contributed by atoms with Gasteiger partial charge in [0, 0.05) is 25.6 Å². The molecule has 0 spiro atoms. The Morgan fingerprint density at radius 3 is 2.71 bits per heavy atom. The summed E-state index contributed by atoms with van der Waals surface area (Å²) in [5.74, 6) is -0.515. The first-order chi connectivity index (χ1) is 10.1. The number of carbonyl (C=O) groups excluding carboxylic acids is 2. The summed E-state index contributed by atoms with van der Waals surface area (Å²) in [4.78, 5) is 31.3. The van der Waals surface area contributed by atoms with Crippen molar-refractivity contribution in [3.8, 4) is 5.88 Å². The Morgan fingerprint density at radius 2 is 2.05 bits per heavy atom. The zero-order valence-corrected chi connectivity index (χ0v) is 11.5. The average molecular weight is 290 g/mol. The molecule has 0 fully saturated rings. The van der Waals surface area contributed by atoms with Crippen LogP contribution in [0.2, 0.25) is 0 Å². The van der Waals surface area contributed by atoms with E-state index in [1.165, 1.54) is 30.4 Å². The van der Waals surface area contributed by atoms with Crippen LogP contribution in [0.3, 0.4) is 0 Å². The molecule has 21 heavy (non-hydrogen) atoms. The number of carbonyl (C=O) groups is 2. The van der Waals surface area contributed by atoms with Gasteiger partial charge in [-0.25, -0.2) is 9.97 Å². The summed E-state index contributed by atoms with van der Waals surface area (Å²) in [6.07, 6.45) is 4.51. The van der Waals surface area contributed by atoms with Crippen molar-refractivity contribution in [3.63, 3.8) is 0 Å². The molecule has 110 valence electrons. The molecule has 0 bridgehead atoms. The lowest BCUT2D eigenvalue weighted by atomic mass is 10.3. The minimum atomic E-state index is -0.455. The zero-order valence-electron chi connectivity index (χ0n) is 11.5. The number of ether oxygens (including phenoxy) is 1. The minimum absolute atomic E-state index is 0.177. The normalized spacial score (nSPS) is 10.0. The number of hydrogen-bond donors (Lipinski definition) is 2. The SMILES string of the molecule is COc1nn(C)cc1C(=O)NCC(=O)Nc1ncccn1. The van der Waals surface area contributed by atoms with Crippen molar-refractivity contribution < 1.29 is 14.3 Å². The van der Waals surface area contributed by atoms with Gasteiger partial charge in [0.2, 0.25) is 17.7 Å². The quantitative estimate of drug-likeness (QED) is 0.774. The molecule has 9 heteroatoms. The molecule has 0 aliphatic rings. The van der Waals surface area contributed by atoms with E-state index in [0.29, 0.717) is 0 Å². The van der Waals surface area contributed by atoms with Gasteiger partial charge < -0.3 is 10.1 Å². The van der Waals surface area contributed by atoms with Crippen LogP contribution in [0.15, 0.2) is 24.7 Å². The molecule has 2 rings (SSSR count). The van der Waals surface area contributed by atoms with Crippen molar-refractivity contribution in [1.82, 2.24) is 25.1 Å². The number of aromatic nitrogens is 4. The molecule has 0 saturated carbocycles. The van der Waals surface area contributed by atoms with Crippen LogP contribution in [0.25, 0.3) is 0 Å². The highest BCUT2D eigenvalue weighted by Gasteiger charge is 2.17. The first-order valence-corrected chi connectivity index (χ1v) is 6.03. The Bertz CT molecular complexity index is 640. The Morgan fingerprint density at radius 1 is 1.33 bits per heavy atom. The maximum Gasteiger partial charge on any atom is 0.258 e. The smallest absolute Gasteiger partial charge is 0.258 e. The monoisotopic (exact) mass is 290 g/mol. The summed E-state index contributed by atoms with van der Waals surface area (Å²) in [6, 6.07) is 1.63. The van der Waals surface area contributed by atoms with Gasteiger partial charge in [0.15, 0.2) is 0 Å². The van der Waals surface area contributed by atoms with E-state index in [9.17, 15) is 9.59 Å². The van der Waals surface area contributed by atoms with Gasteiger partial charge in [0.25, 0.3) is 5.91 Å². The second-order valence-electron chi connectivity index (χ2n) is 4.03. The molecule has 9 nitrogen and oxygen atoms in total. The molecule has 0 aromatic carbocycles. The summed E-state index contributed by atoms with van der Waals surface area (Å²) in [5, 5.41) is 8.88. The molecule has 2 aromatic heterocycles. The van der Waals surface area contributed by atoms with Crippen molar-refractivity contribution in [3.05, 3.63) is 30.2 Å². The Kier molecular flexibility index (Phi) is 4.44. The average Bonchev–Trinajstić information content (AvgIpc) is 2.87. The lowest BCUT2D eigenvalue weighted by molar-refractivity contribution is -0.115. The van der Waals surface area contributed by atoms with Crippen LogP contribution in [0.4, 0.5) is 5.95 Å². The Balaban J connectivity index is 1.90. The number of aryl methyl sites for hydroxylation is 1. The van der Waals surface area contributed by atoms with Crippen molar-refractivity contribution in [2.75, 3.05) is 19.0 Å². The number of hydrogen-bond acceptors (Lipinski definition) is 6. The van der Waals surface area contributed by atoms with E-state index in [1.54, 1.807) is 13.1 Å². The molecule has 0 aliphatic heterocycles. The first-order valence-electron chi connectivity index (χ1n) is 6.03. The number of nitrogens with one attached hydrogen (secondary N) is 2. The molecule has 0 atom stereocenters. The molecule has 0 unspecified atom stereocenters. The van der Waals surface area contributed by atoms with Crippen molar-refractivity contribution in [2.45, 2.75) is 0 Å². The third-order valence-corrected chi connectivity index (χ3v) is 2.46. The van der Waals surface area contributed by atoms with Gasteiger partial charge in [-0.2, -0.15) is 0 Å². The molecule has 2 N–H and O–H groups in total. The predicted molar refractivity (Wildman–Crippen MR) is 72.8 cm³/mol. The number of amides is 2. The van der Waals surface area contributed by atoms with Crippen LogP contribution in [0.5, 0.6) is 5.88 Å². The van der Waals surface area contributed by atoms with Crippen molar-refractivity contribution in [1.29, 1.82) is 0 Å². The van der Waals surface area contributed by atoms with Crippen LogP contribution < -0.4 is 15.4 Å². The lowest BCUT2D eigenvalue weighted by Gasteiger charge is -2.05. The van der Waals surface area contributed by atoms with Crippen LogP contribution in [0, 0.1) is 0 Å². The fourth-order valence-corrected chi connectivity index (χ4v) is 1.56. The topological polar surface area (TPSA) is 111 Å². The van der Waals surface area contributed by atoms with E-state index in [4.69, 9.17) is 4.74 Å². The van der Waals surface area contributed by atoms with Crippen LogP contribution in [-0.2, 0) is 11.8 Å². The zero-order chi connectivity index (χ0) is 15.2. The summed E-state index contributed by atoms with van der Waals surface area (Å²) >= 11 is 0. The standard InChI is InChI=1S/C12H14N6O3/c1-18-7-8(11(17-18)21-2)10(20)15-6-9(19)16-12-13-4-3-5-14-12/h3-5,7H,6H2,1-2H3,(H,15,20)(H,13,14,16,19). The first kappa shape index (κ1) is 14.4. The lowest BCUT2D eigenvalue weighted by Crippen LogP contribution is -2.33. The fourth-order valence-electron chi connectivity index (χ4n) is 1.56. The molecule has 0 radical (unpaired) electrons. The molecule has 0 saturated heterocycles. The third-order valence-electron chi connectivity index (χ3n) is 2.46. The van der Waals surface area contributed by atoms with Gasteiger partial charge in [0.1, 0.15) is 5.56 Å². The fraction of sp³-hybridized carbons (Fsp3) is 0.250. The van der Waals surface area contributed by atoms with Crippen LogP contribution in [0.1, 0.15) is 10.4 Å². The molecule has 0 aliphatic carbocycles. The highest BCUT2D eigenvalue weighted by atomic mass is 16.5. The summed E-state index contributed by atoms with van der Waals surface area (Å²) < 4.78 is 6.43. The van der Waals surface area contributed by atoms with Gasteiger partial charge in [-0.15, -0.1) is 5.10 Å². The summed E-state index contributed by atoms with van der Waals surface area (Å²) in [6.45, 7) is -0.213. The van der Waals surface area contributed by atoms with Crippen LogP contribution in [-0.4, -0.2) is 45.2 Å². The number of rotatable bonds is 5. The maximum atomic E-state index is 11.9. The molecule has 2 heterocycles. The van der Waals surface area contributed by atoms with E-state index >= 15 is 0 Å². The van der Waals surface area contributed by atoms with Gasteiger partial charge >= 0.3 is 0 Å². The number of methoxy groups -OCH3 is 1. The highest BCUT2D eigenvalue weighted by molar-refractivity contribution is 6.00. The van der Waals surface area contributed by atoms with Gasteiger partial charge in [-0.3, -0.25) is 19.6 Å². The maximum absolute atomic E-state index is 11.9. The van der Waals surface area contributed by atoms with Gasteiger partial charge in [-0.1, -0.05) is 0 Å². The van der Waals surface area contributed by atoms with E-state index in [0.717, 1.165) is 0 Å². The molecular formula is C12H14N6O3. The largest absolute Gasteiger partial charge is 0.479 e. The highest BCUT2D eigenvalue weighted by Crippen LogP contribution is 2.13. The van der Waals surface area contributed by atoms with E-state index < -0.39 is 11.8 Å². The molecular weight excluding hydrogens is 276 g/mol. The summed E-state index contributed by atoms with van der Waals surface area (Å²) in [7, 11) is 3.08. The van der Waals surface area contributed by atoms with E-state index in [2.05, 4.69) is 25.7 Å². The van der Waals surface area contributed by atoms with Gasteiger partial charge in [0.05, 0.1) is 13.7 Å². The van der Waals surface area contributed by atoms with Gasteiger partial charge in [-0.05, 0) is 6.07 Å². The van der Waals surface area contributed by atoms with Crippen molar-refractivity contribution in [2.24, 2.45) is 7.05 Å². The van der Waals surface area contributed by atoms with Crippen LogP contribution >= 0.6 is 0 Å². The predicted octanol–water partition coefficient (Wildman–Crippen LogP) is -0.413. The molecule has 2 aromatic rings. The number of anilines is 1. The van der Waals surface area contributed by atoms with E-state index in [-0.39, 0.29) is 23.9 Å². The summed E-state index contributed by atoms with van der Waals surface area (Å²) in [5.41, 5.74) is 0.253. The van der Waals surface area contributed by atoms with E-state index in [1.807, 2.05) is 0 Å². The molecule has 2 amide bonds. The number of nitrogens with zero attached hydrogens (tertiary/aromatic N) is 4. The second kappa shape index (κ2) is 6.46. The third kappa shape index (κ3) is 3.75.